The average molecular weight is 347 g/mol. The maximum Gasteiger partial charge on any atom is 0.445 e. The first-order valence-electron chi connectivity index (χ1n) is 5.81. The summed E-state index contributed by atoms with van der Waals surface area (Å²) in [4.78, 5) is 12.3. The monoisotopic (exact) mass is 346 g/mol. The van der Waals surface area contributed by atoms with Gasteiger partial charge in [-0.2, -0.15) is 13.2 Å². The Kier molecular flexibility index (Phi) is 3.57. The third-order valence-electron chi connectivity index (χ3n) is 2.53. The number of hydrogen-bond donors (Lipinski definition) is 1. The standard InChI is InChI=1S/C11H6ClF3N6S/c1-4-16-7-5(2-3-6(12)18-7)8(17-4)19-10-21-20-9(22-10)11(13,14)15/h2-3H,1H3,(H,16,17,18,19,21). The molecule has 0 fully saturated rings. The molecule has 0 amide bonds. The molecule has 3 aromatic rings. The van der Waals surface area contributed by atoms with Gasteiger partial charge in [0.05, 0.1) is 5.39 Å². The van der Waals surface area contributed by atoms with E-state index in [1.165, 1.54) is 6.07 Å². The van der Waals surface area contributed by atoms with Crippen LogP contribution >= 0.6 is 22.9 Å². The van der Waals surface area contributed by atoms with Crippen molar-refractivity contribution >= 4 is 44.9 Å². The van der Waals surface area contributed by atoms with Gasteiger partial charge in [-0.15, -0.1) is 10.2 Å². The van der Waals surface area contributed by atoms with Gasteiger partial charge >= 0.3 is 6.18 Å². The average Bonchev–Trinajstić information content (AvgIpc) is 2.86. The van der Waals surface area contributed by atoms with E-state index in [2.05, 4.69) is 30.5 Å². The number of hydrogen-bond acceptors (Lipinski definition) is 7. The molecule has 0 saturated carbocycles. The molecule has 114 valence electrons. The minimum Gasteiger partial charge on any atom is -0.314 e. The molecular weight excluding hydrogens is 341 g/mol. The van der Waals surface area contributed by atoms with Crippen LogP contribution in [-0.2, 0) is 6.18 Å². The predicted octanol–water partition coefficient (Wildman–Crippen LogP) is 3.60. The zero-order valence-electron chi connectivity index (χ0n) is 10.8. The molecule has 0 aliphatic heterocycles. The summed E-state index contributed by atoms with van der Waals surface area (Å²) in [5.74, 6) is 0.682. The lowest BCUT2D eigenvalue weighted by Gasteiger charge is -2.06. The number of halogens is 4. The molecule has 0 atom stereocenters. The molecule has 11 heteroatoms. The van der Waals surface area contributed by atoms with E-state index >= 15 is 0 Å². The third kappa shape index (κ3) is 2.92. The summed E-state index contributed by atoms with van der Waals surface area (Å²) < 4.78 is 37.6. The molecule has 0 aliphatic rings. The van der Waals surface area contributed by atoms with Crippen LogP contribution in [-0.4, -0.2) is 25.1 Å². The zero-order chi connectivity index (χ0) is 15.9. The first-order valence-corrected chi connectivity index (χ1v) is 7.01. The van der Waals surface area contributed by atoms with Gasteiger partial charge in [0, 0.05) is 0 Å². The second-order valence-corrected chi connectivity index (χ2v) is 5.52. The normalized spacial score (nSPS) is 11.9. The Labute approximate surface area is 130 Å². The molecule has 3 rings (SSSR count). The Morgan fingerprint density at radius 1 is 1.14 bits per heavy atom. The SMILES string of the molecule is Cc1nc(Nc2nnc(C(F)(F)F)s2)c2ccc(Cl)nc2n1. The van der Waals surface area contributed by atoms with Gasteiger partial charge in [-0.25, -0.2) is 15.0 Å². The number of rotatable bonds is 2. The minimum absolute atomic E-state index is 0.0262. The van der Waals surface area contributed by atoms with Gasteiger partial charge in [0.2, 0.25) is 10.1 Å². The fraction of sp³-hybridized carbons (Fsp3) is 0.182. The largest absolute Gasteiger partial charge is 0.445 e. The molecule has 3 heterocycles. The van der Waals surface area contributed by atoms with Crippen LogP contribution in [0.15, 0.2) is 12.1 Å². The van der Waals surface area contributed by atoms with Gasteiger partial charge in [-0.1, -0.05) is 22.9 Å². The van der Waals surface area contributed by atoms with Gasteiger partial charge in [-0.05, 0) is 19.1 Å². The van der Waals surface area contributed by atoms with Crippen LogP contribution in [0.5, 0.6) is 0 Å². The summed E-state index contributed by atoms with van der Waals surface area (Å²) in [5, 5.41) is 8.98. The van der Waals surface area contributed by atoms with E-state index in [0.29, 0.717) is 28.2 Å². The van der Waals surface area contributed by atoms with E-state index in [9.17, 15) is 13.2 Å². The first-order chi connectivity index (χ1) is 10.3. The van der Waals surface area contributed by atoms with Crippen molar-refractivity contribution in [1.82, 2.24) is 25.1 Å². The van der Waals surface area contributed by atoms with Crippen LogP contribution in [0.2, 0.25) is 5.15 Å². The van der Waals surface area contributed by atoms with Gasteiger partial charge in [0.15, 0.2) is 5.65 Å². The van der Waals surface area contributed by atoms with Crippen LogP contribution in [0.3, 0.4) is 0 Å². The Bertz CT molecular complexity index is 844. The van der Waals surface area contributed by atoms with Crippen molar-refractivity contribution in [3.05, 3.63) is 28.1 Å². The van der Waals surface area contributed by atoms with Crippen molar-refractivity contribution in [2.75, 3.05) is 5.32 Å². The molecule has 0 bridgehead atoms. The fourth-order valence-corrected chi connectivity index (χ4v) is 2.43. The van der Waals surface area contributed by atoms with Crippen LogP contribution in [0.4, 0.5) is 24.1 Å². The Balaban J connectivity index is 2.02. The van der Waals surface area contributed by atoms with Crippen LogP contribution in [0.1, 0.15) is 10.8 Å². The summed E-state index contributed by atoms with van der Waals surface area (Å²) in [6.07, 6.45) is -4.53. The summed E-state index contributed by atoms with van der Waals surface area (Å²) in [6.45, 7) is 1.63. The maximum absolute atomic E-state index is 12.5. The van der Waals surface area contributed by atoms with Crippen LogP contribution in [0, 0.1) is 6.92 Å². The first kappa shape index (κ1) is 14.9. The summed E-state index contributed by atoms with van der Waals surface area (Å²) >= 11 is 6.19. The molecule has 0 saturated heterocycles. The number of nitrogens with zero attached hydrogens (tertiary/aromatic N) is 5. The maximum atomic E-state index is 12.5. The van der Waals surface area contributed by atoms with Crippen molar-refractivity contribution in [1.29, 1.82) is 0 Å². The highest BCUT2D eigenvalue weighted by molar-refractivity contribution is 7.15. The molecule has 0 aliphatic carbocycles. The van der Waals surface area contributed by atoms with Gasteiger partial charge < -0.3 is 5.32 Å². The number of nitrogens with one attached hydrogen (secondary N) is 1. The highest BCUT2D eigenvalue weighted by atomic mass is 35.5. The lowest BCUT2D eigenvalue weighted by Crippen LogP contribution is -2.03. The van der Waals surface area contributed by atoms with Crippen LogP contribution < -0.4 is 5.32 Å². The van der Waals surface area contributed by atoms with Crippen molar-refractivity contribution in [2.24, 2.45) is 0 Å². The van der Waals surface area contributed by atoms with Crippen molar-refractivity contribution < 1.29 is 13.2 Å². The van der Waals surface area contributed by atoms with E-state index in [-0.39, 0.29) is 16.1 Å². The second-order valence-electron chi connectivity index (χ2n) is 4.16. The molecule has 0 radical (unpaired) electrons. The number of fused-ring (bicyclic) bond motifs is 1. The zero-order valence-corrected chi connectivity index (χ0v) is 12.4. The molecule has 3 aromatic heterocycles. The summed E-state index contributed by atoms with van der Waals surface area (Å²) in [5.41, 5.74) is 0.336. The Morgan fingerprint density at radius 3 is 2.59 bits per heavy atom. The highest BCUT2D eigenvalue weighted by Crippen LogP contribution is 2.34. The second kappa shape index (κ2) is 5.29. The fourth-order valence-electron chi connectivity index (χ4n) is 1.68. The summed E-state index contributed by atoms with van der Waals surface area (Å²) in [6, 6.07) is 3.16. The number of aromatic nitrogens is 5. The van der Waals surface area contributed by atoms with E-state index in [1.54, 1.807) is 13.0 Å². The minimum atomic E-state index is -4.53. The lowest BCUT2D eigenvalue weighted by molar-refractivity contribution is -0.138. The van der Waals surface area contributed by atoms with Crippen molar-refractivity contribution in [3.63, 3.8) is 0 Å². The highest BCUT2D eigenvalue weighted by Gasteiger charge is 2.35. The molecule has 0 spiro atoms. The van der Waals surface area contributed by atoms with Gasteiger partial charge in [0.25, 0.3) is 0 Å². The molecule has 1 N–H and O–H groups in total. The van der Waals surface area contributed by atoms with Crippen molar-refractivity contribution in [3.8, 4) is 0 Å². The van der Waals surface area contributed by atoms with Crippen molar-refractivity contribution in [2.45, 2.75) is 13.1 Å². The van der Waals surface area contributed by atoms with Gasteiger partial charge in [0.1, 0.15) is 16.8 Å². The number of alkyl halides is 3. The number of aryl methyl sites for hydroxylation is 1. The van der Waals surface area contributed by atoms with E-state index in [4.69, 9.17) is 11.6 Å². The van der Waals surface area contributed by atoms with Gasteiger partial charge in [-0.3, -0.25) is 0 Å². The third-order valence-corrected chi connectivity index (χ3v) is 3.62. The Hall–Kier alpha value is -2.07. The van der Waals surface area contributed by atoms with Crippen LogP contribution in [0.25, 0.3) is 11.0 Å². The van der Waals surface area contributed by atoms with E-state index < -0.39 is 11.2 Å². The van der Waals surface area contributed by atoms with E-state index in [0.717, 1.165) is 0 Å². The lowest BCUT2D eigenvalue weighted by atomic mass is 10.3. The molecule has 22 heavy (non-hydrogen) atoms. The topological polar surface area (TPSA) is 76.5 Å². The number of pyridine rings is 1. The predicted molar refractivity (Wildman–Crippen MR) is 75.3 cm³/mol. The van der Waals surface area contributed by atoms with E-state index in [1.807, 2.05) is 0 Å². The Morgan fingerprint density at radius 2 is 1.91 bits per heavy atom. The molecule has 0 unspecified atom stereocenters. The molecule has 6 nitrogen and oxygen atoms in total. The quantitative estimate of drug-likeness (QED) is 0.714. The molecular formula is C11H6ClF3N6S. The molecule has 0 aromatic carbocycles. The number of anilines is 2. The smallest absolute Gasteiger partial charge is 0.314 e. The summed E-state index contributed by atoms with van der Waals surface area (Å²) in [7, 11) is 0.